The van der Waals surface area contributed by atoms with Gasteiger partial charge in [-0.1, -0.05) is 0 Å². The molecule has 2 aromatic heterocycles. The minimum Gasteiger partial charge on any atom is -0.491 e. The Hall–Kier alpha value is -2.94. The van der Waals surface area contributed by atoms with E-state index in [0.717, 1.165) is 12.7 Å². The number of aromatic nitrogens is 2. The summed E-state index contributed by atoms with van der Waals surface area (Å²) in [6.45, 7) is -0.0708. The second-order valence-corrected chi connectivity index (χ2v) is 5.89. The Labute approximate surface area is 150 Å². The topological polar surface area (TPSA) is 64.1 Å². The van der Waals surface area contributed by atoms with Gasteiger partial charge in [-0.3, -0.25) is 14.8 Å². The first-order valence-corrected chi connectivity index (χ1v) is 8.29. The van der Waals surface area contributed by atoms with Crippen molar-refractivity contribution in [1.29, 1.82) is 0 Å². The van der Waals surface area contributed by atoms with Crippen molar-refractivity contribution < 1.29 is 22.7 Å². The van der Waals surface area contributed by atoms with Crippen molar-refractivity contribution in [2.75, 3.05) is 7.11 Å². The van der Waals surface area contributed by atoms with Crippen LogP contribution in [0.3, 0.4) is 0 Å². The summed E-state index contributed by atoms with van der Waals surface area (Å²) in [5.41, 5.74) is 1.18. The molecule has 1 aromatic carbocycles. The van der Waals surface area contributed by atoms with Gasteiger partial charge < -0.3 is 10.1 Å². The van der Waals surface area contributed by atoms with Gasteiger partial charge in [0.1, 0.15) is 0 Å². The number of ether oxygens (including phenoxy) is 1. The van der Waals surface area contributed by atoms with Gasteiger partial charge in [0.25, 0.3) is 5.91 Å². The highest BCUT2D eigenvalue weighted by Crippen LogP contribution is 2.27. The molecule has 0 bridgehead atoms. The van der Waals surface area contributed by atoms with Gasteiger partial charge >= 0.3 is 0 Å². The smallest absolute Gasteiger partial charge is 0.254 e. The third kappa shape index (κ3) is 3.38. The monoisotopic (exact) mass is 379 g/mol. The van der Waals surface area contributed by atoms with E-state index >= 15 is 0 Å². The second-order valence-electron chi connectivity index (χ2n) is 5.11. The van der Waals surface area contributed by atoms with Gasteiger partial charge in [-0.25, -0.2) is 8.78 Å². The molecule has 3 aromatic rings. The molecular weight excluding hydrogens is 367 g/mol. The van der Waals surface area contributed by atoms with Crippen molar-refractivity contribution in [3.63, 3.8) is 0 Å². The molecule has 2 heterocycles. The Bertz CT molecular complexity index is 949. The number of halogens is 3. The zero-order chi connectivity index (χ0) is 18.7. The molecule has 1 N–H and O–H groups in total. The van der Waals surface area contributed by atoms with E-state index in [-0.39, 0.29) is 6.54 Å². The van der Waals surface area contributed by atoms with Gasteiger partial charge in [0.2, 0.25) is 5.82 Å². The van der Waals surface area contributed by atoms with Gasteiger partial charge in [0.15, 0.2) is 17.4 Å². The van der Waals surface area contributed by atoms with Crippen LogP contribution in [0.1, 0.15) is 16.1 Å². The van der Waals surface area contributed by atoms with Crippen LogP contribution in [0.2, 0.25) is 0 Å². The van der Waals surface area contributed by atoms with Crippen molar-refractivity contribution in [2.24, 2.45) is 0 Å². The highest BCUT2D eigenvalue weighted by molar-refractivity contribution is 7.08. The molecular formula is C17H12F3N3O2S. The zero-order valence-electron chi connectivity index (χ0n) is 13.4. The first-order chi connectivity index (χ1) is 12.5. The third-order valence-electron chi connectivity index (χ3n) is 3.55. The Balaban J connectivity index is 1.84. The summed E-state index contributed by atoms with van der Waals surface area (Å²) >= 11 is 1.48. The number of hydrogen-bond donors (Lipinski definition) is 1. The molecule has 0 saturated heterocycles. The van der Waals surface area contributed by atoms with Crippen LogP contribution in [-0.2, 0) is 6.54 Å². The van der Waals surface area contributed by atoms with Crippen LogP contribution in [0.5, 0.6) is 5.75 Å². The lowest BCUT2D eigenvalue weighted by atomic mass is 10.1. The summed E-state index contributed by atoms with van der Waals surface area (Å²) in [7, 11) is 0.981. The lowest BCUT2D eigenvalue weighted by Crippen LogP contribution is -2.25. The fraction of sp³-hybridized carbons (Fsp3) is 0.118. The first-order valence-electron chi connectivity index (χ1n) is 7.35. The summed E-state index contributed by atoms with van der Waals surface area (Å²) in [6, 6.07) is 2.33. The van der Waals surface area contributed by atoms with Crippen molar-refractivity contribution in [1.82, 2.24) is 15.3 Å². The number of nitrogens with zero attached hydrogens (tertiary/aromatic N) is 2. The van der Waals surface area contributed by atoms with Gasteiger partial charge in [-0.15, -0.1) is 0 Å². The number of methoxy groups -OCH3 is 1. The third-order valence-corrected chi connectivity index (χ3v) is 4.23. The van der Waals surface area contributed by atoms with Crippen LogP contribution in [0.25, 0.3) is 11.3 Å². The normalized spacial score (nSPS) is 10.6. The van der Waals surface area contributed by atoms with E-state index in [1.807, 2.05) is 16.8 Å². The first kappa shape index (κ1) is 17.9. The Morgan fingerprint density at radius 3 is 2.69 bits per heavy atom. The molecule has 134 valence electrons. The molecule has 0 aliphatic carbocycles. The summed E-state index contributed by atoms with van der Waals surface area (Å²) < 4.78 is 45.7. The van der Waals surface area contributed by atoms with Crippen LogP contribution in [0.15, 0.2) is 35.3 Å². The predicted octanol–water partition coefficient (Wildman–Crippen LogP) is 3.56. The number of amides is 1. The zero-order valence-corrected chi connectivity index (χ0v) is 14.2. The molecule has 0 saturated carbocycles. The number of hydrogen-bond acceptors (Lipinski definition) is 5. The van der Waals surface area contributed by atoms with E-state index < -0.39 is 34.7 Å². The molecule has 5 nitrogen and oxygen atoms in total. The lowest BCUT2D eigenvalue weighted by molar-refractivity contribution is 0.0944. The van der Waals surface area contributed by atoms with E-state index in [1.54, 1.807) is 0 Å². The summed E-state index contributed by atoms with van der Waals surface area (Å²) in [5, 5.41) is 6.17. The number of benzene rings is 1. The van der Waals surface area contributed by atoms with Crippen LogP contribution in [0, 0.1) is 17.5 Å². The predicted molar refractivity (Wildman–Crippen MR) is 89.4 cm³/mol. The lowest BCUT2D eigenvalue weighted by Gasteiger charge is -2.11. The van der Waals surface area contributed by atoms with Crippen molar-refractivity contribution in [3.05, 3.63) is 64.0 Å². The number of thiophene rings is 1. The molecule has 0 aliphatic heterocycles. The quantitative estimate of drug-likeness (QED) is 0.689. The van der Waals surface area contributed by atoms with E-state index in [2.05, 4.69) is 20.0 Å². The number of carbonyl (C=O) groups is 1. The van der Waals surface area contributed by atoms with E-state index in [0.29, 0.717) is 17.5 Å². The van der Waals surface area contributed by atoms with Crippen molar-refractivity contribution in [3.8, 4) is 17.0 Å². The van der Waals surface area contributed by atoms with Crippen LogP contribution < -0.4 is 10.1 Å². The average Bonchev–Trinajstić information content (AvgIpc) is 3.18. The number of carbonyl (C=O) groups excluding carboxylic acids is 1. The van der Waals surface area contributed by atoms with E-state index in [9.17, 15) is 18.0 Å². The average molecular weight is 379 g/mol. The molecule has 0 aliphatic rings. The molecule has 0 fully saturated rings. The van der Waals surface area contributed by atoms with Gasteiger partial charge in [-0.05, 0) is 17.5 Å². The van der Waals surface area contributed by atoms with Crippen molar-refractivity contribution >= 4 is 17.2 Å². The maximum Gasteiger partial charge on any atom is 0.254 e. The van der Waals surface area contributed by atoms with Crippen LogP contribution >= 0.6 is 11.3 Å². The van der Waals surface area contributed by atoms with Gasteiger partial charge in [-0.2, -0.15) is 15.7 Å². The molecule has 9 heteroatoms. The fourth-order valence-corrected chi connectivity index (χ4v) is 2.96. The highest BCUT2D eigenvalue weighted by atomic mass is 32.1. The van der Waals surface area contributed by atoms with Gasteiger partial charge in [0.05, 0.1) is 30.6 Å². The summed E-state index contributed by atoms with van der Waals surface area (Å²) in [5.74, 6) is -6.03. The Kier molecular flexibility index (Phi) is 5.17. The minimum atomic E-state index is -1.49. The molecule has 0 unspecified atom stereocenters. The van der Waals surface area contributed by atoms with E-state index in [4.69, 9.17) is 0 Å². The molecule has 3 rings (SSSR count). The Morgan fingerprint density at radius 2 is 2.00 bits per heavy atom. The molecule has 26 heavy (non-hydrogen) atoms. The maximum atomic E-state index is 14.2. The molecule has 0 spiro atoms. The van der Waals surface area contributed by atoms with Crippen LogP contribution in [0.4, 0.5) is 13.2 Å². The molecule has 0 radical (unpaired) electrons. The van der Waals surface area contributed by atoms with Gasteiger partial charge in [0, 0.05) is 23.3 Å². The number of rotatable bonds is 5. The largest absolute Gasteiger partial charge is 0.491 e. The standard InChI is InChI=1S/C17H12F3N3O2S/c1-25-16-13(19)10(6-11(18)14(16)20)17(24)23-7-12-15(22-4-3-21-12)9-2-5-26-8-9/h2-6,8H,7H2,1H3,(H,23,24). The maximum absolute atomic E-state index is 14.2. The SMILES string of the molecule is COc1c(F)c(F)cc(C(=O)NCc2nccnc2-c2ccsc2)c1F. The summed E-state index contributed by atoms with van der Waals surface area (Å²) in [6.07, 6.45) is 2.97. The minimum absolute atomic E-state index is 0.0708. The highest BCUT2D eigenvalue weighted by Gasteiger charge is 2.23. The fourth-order valence-electron chi connectivity index (χ4n) is 2.32. The van der Waals surface area contributed by atoms with Crippen molar-refractivity contribution in [2.45, 2.75) is 6.54 Å². The van der Waals surface area contributed by atoms with E-state index in [1.165, 1.54) is 23.7 Å². The van der Waals surface area contributed by atoms with Crippen LogP contribution in [-0.4, -0.2) is 23.0 Å². The summed E-state index contributed by atoms with van der Waals surface area (Å²) in [4.78, 5) is 20.6. The Morgan fingerprint density at radius 1 is 1.23 bits per heavy atom. The number of nitrogens with one attached hydrogen (secondary N) is 1. The molecule has 0 atom stereocenters. The second kappa shape index (κ2) is 7.52. The molecule has 1 amide bonds.